The van der Waals surface area contributed by atoms with E-state index in [2.05, 4.69) is 22.1 Å². The molecule has 0 aliphatic carbocycles. The van der Waals surface area contributed by atoms with Crippen LogP contribution in [0.5, 0.6) is 5.75 Å². The first-order valence-corrected chi connectivity index (χ1v) is 9.14. The summed E-state index contributed by atoms with van der Waals surface area (Å²) in [5.41, 5.74) is 1.22. The molecular weight excluding hydrogens is 324 g/mol. The lowest BCUT2D eigenvalue weighted by Gasteiger charge is -2.32. The Morgan fingerprint density at radius 2 is 2.25 bits per heavy atom. The maximum Gasteiger partial charge on any atom is 0.233 e. The molecule has 1 atom stereocenters. The molecule has 24 heavy (non-hydrogen) atoms. The zero-order chi connectivity index (χ0) is 16.8. The average molecular weight is 346 g/mol. The summed E-state index contributed by atoms with van der Waals surface area (Å²) in [6.07, 6.45) is 3.58. The standard InChI is InChI=1S/C17H22N4O2S/c1-13-4-6-15(7-5-13)23-10-14-3-2-8-21(9-14)16(22)11-24-17-18-12-19-20-17/h4-7,12,14H,2-3,8-11H2,1H3,(H,18,19,20). The predicted octanol–water partition coefficient (Wildman–Crippen LogP) is 2.52. The third-order valence-electron chi connectivity index (χ3n) is 4.10. The lowest BCUT2D eigenvalue weighted by molar-refractivity contribution is -0.130. The number of nitrogens with zero attached hydrogens (tertiary/aromatic N) is 3. The minimum absolute atomic E-state index is 0.149. The zero-order valence-corrected chi connectivity index (χ0v) is 14.6. The number of hydrogen-bond donors (Lipinski definition) is 1. The quantitative estimate of drug-likeness (QED) is 0.814. The fourth-order valence-electron chi connectivity index (χ4n) is 2.76. The van der Waals surface area contributed by atoms with Crippen molar-refractivity contribution in [1.82, 2.24) is 20.1 Å². The predicted molar refractivity (Wildman–Crippen MR) is 93.1 cm³/mol. The van der Waals surface area contributed by atoms with Gasteiger partial charge in [0.25, 0.3) is 0 Å². The fraction of sp³-hybridized carbons (Fsp3) is 0.471. The first-order chi connectivity index (χ1) is 11.7. The number of ether oxygens (including phenoxy) is 1. The second kappa shape index (κ2) is 8.19. The van der Waals surface area contributed by atoms with Crippen molar-refractivity contribution in [3.05, 3.63) is 36.2 Å². The van der Waals surface area contributed by atoms with Gasteiger partial charge in [-0.2, -0.15) is 5.10 Å². The van der Waals surface area contributed by atoms with Gasteiger partial charge in [-0.3, -0.25) is 9.89 Å². The van der Waals surface area contributed by atoms with Gasteiger partial charge in [0.1, 0.15) is 12.1 Å². The molecule has 1 aromatic heterocycles. The molecule has 128 valence electrons. The Bertz CT molecular complexity index is 645. The number of aromatic nitrogens is 3. The zero-order valence-electron chi connectivity index (χ0n) is 13.8. The lowest BCUT2D eigenvalue weighted by Crippen LogP contribution is -2.42. The monoisotopic (exact) mass is 346 g/mol. The van der Waals surface area contributed by atoms with Crippen molar-refractivity contribution < 1.29 is 9.53 Å². The van der Waals surface area contributed by atoms with Crippen molar-refractivity contribution in [2.75, 3.05) is 25.4 Å². The molecular formula is C17H22N4O2S. The fourth-order valence-corrected chi connectivity index (χ4v) is 3.44. The topological polar surface area (TPSA) is 71.1 Å². The van der Waals surface area contributed by atoms with E-state index in [0.717, 1.165) is 31.7 Å². The number of piperidine rings is 1. The van der Waals surface area contributed by atoms with E-state index >= 15 is 0 Å². The van der Waals surface area contributed by atoms with Crippen LogP contribution < -0.4 is 4.74 Å². The number of amides is 1. The number of aromatic amines is 1. The van der Waals surface area contributed by atoms with Gasteiger partial charge in [-0.05, 0) is 31.9 Å². The van der Waals surface area contributed by atoms with Crippen LogP contribution in [0.15, 0.2) is 35.7 Å². The van der Waals surface area contributed by atoms with E-state index in [1.54, 1.807) is 0 Å². The summed E-state index contributed by atoms with van der Waals surface area (Å²) in [5, 5.41) is 7.22. The van der Waals surface area contributed by atoms with E-state index in [4.69, 9.17) is 4.74 Å². The Hall–Kier alpha value is -2.02. The summed E-state index contributed by atoms with van der Waals surface area (Å²) in [6, 6.07) is 8.09. The van der Waals surface area contributed by atoms with Gasteiger partial charge < -0.3 is 9.64 Å². The molecule has 0 radical (unpaired) electrons. The second-order valence-electron chi connectivity index (χ2n) is 6.05. The van der Waals surface area contributed by atoms with Crippen LogP contribution in [0.2, 0.25) is 0 Å². The first kappa shape index (κ1) is 16.8. The molecule has 2 aromatic rings. The van der Waals surface area contributed by atoms with Crippen LogP contribution in [0, 0.1) is 12.8 Å². The molecule has 1 amide bonds. The van der Waals surface area contributed by atoms with Crippen LogP contribution in [-0.2, 0) is 4.79 Å². The highest BCUT2D eigenvalue weighted by Gasteiger charge is 2.24. The molecule has 1 fully saturated rings. The maximum absolute atomic E-state index is 12.4. The number of thioether (sulfide) groups is 1. The third-order valence-corrected chi connectivity index (χ3v) is 4.97. The second-order valence-corrected chi connectivity index (χ2v) is 7.02. The number of rotatable bonds is 6. The van der Waals surface area contributed by atoms with Crippen LogP contribution in [0.25, 0.3) is 0 Å². The van der Waals surface area contributed by atoms with Gasteiger partial charge in [0.15, 0.2) is 5.16 Å². The molecule has 0 spiro atoms. The Morgan fingerprint density at radius 1 is 1.42 bits per heavy atom. The van der Waals surface area contributed by atoms with E-state index in [-0.39, 0.29) is 5.91 Å². The Balaban J connectivity index is 1.45. The van der Waals surface area contributed by atoms with E-state index in [1.807, 2.05) is 29.2 Å². The summed E-state index contributed by atoms with van der Waals surface area (Å²) in [7, 11) is 0. The summed E-state index contributed by atoms with van der Waals surface area (Å²) in [6.45, 7) is 4.31. The van der Waals surface area contributed by atoms with Gasteiger partial charge >= 0.3 is 0 Å². The first-order valence-electron chi connectivity index (χ1n) is 8.16. The van der Waals surface area contributed by atoms with Gasteiger partial charge in [0, 0.05) is 19.0 Å². The van der Waals surface area contributed by atoms with Crippen molar-refractivity contribution in [2.45, 2.75) is 24.9 Å². The number of carbonyl (C=O) groups excluding carboxylic acids is 1. The molecule has 1 unspecified atom stereocenters. The third kappa shape index (κ3) is 4.74. The highest BCUT2D eigenvalue weighted by Crippen LogP contribution is 2.21. The highest BCUT2D eigenvalue weighted by atomic mass is 32.2. The molecule has 0 bridgehead atoms. The lowest BCUT2D eigenvalue weighted by atomic mass is 9.99. The summed E-state index contributed by atoms with van der Waals surface area (Å²) < 4.78 is 5.88. The number of hydrogen-bond acceptors (Lipinski definition) is 5. The molecule has 1 N–H and O–H groups in total. The average Bonchev–Trinajstić information content (AvgIpc) is 3.13. The minimum Gasteiger partial charge on any atom is -0.493 e. The summed E-state index contributed by atoms with van der Waals surface area (Å²) in [4.78, 5) is 18.3. The smallest absolute Gasteiger partial charge is 0.233 e. The van der Waals surface area contributed by atoms with Gasteiger partial charge in [-0.25, -0.2) is 4.98 Å². The van der Waals surface area contributed by atoms with E-state index in [9.17, 15) is 4.79 Å². The van der Waals surface area contributed by atoms with E-state index < -0.39 is 0 Å². The molecule has 1 aromatic carbocycles. The van der Waals surface area contributed by atoms with Crippen LogP contribution in [0.3, 0.4) is 0 Å². The molecule has 1 saturated heterocycles. The van der Waals surface area contributed by atoms with Gasteiger partial charge in [0.05, 0.1) is 12.4 Å². The van der Waals surface area contributed by atoms with Crippen molar-refractivity contribution >= 4 is 17.7 Å². The normalized spacial score (nSPS) is 17.7. The van der Waals surface area contributed by atoms with Gasteiger partial charge in [0.2, 0.25) is 5.91 Å². The maximum atomic E-state index is 12.4. The number of likely N-dealkylation sites (tertiary alicyclic amines) is 1. The highest BCUT2D eigenvalue weighted by molar-refractivity contribution is 7.99. The molecule has 1 aliphatic rings. The molecule has 1 aliphatic heterocycles. The molecule has 6 nitrogen and oxygen atoms in total. The van der Waals surface area contributed by atoms with Crippen molar-refractivity contribution in [1.29, 1.82) is 0 Å². The van der Waals surface area contributed by atoms with Crippen molar-refractivity contribution in [3.63, 3.8) is 0 Å². The van der Waals surface area contributed by atoms with E-state index in [0.29, 0.717) is 23.4 Å². The Morgan fingerprint density at radius 3 is 3.00 bits per heavy atom. The Labute approximate surface area is 146 Å². The molecule has 3 rings (SSSR count). The number of carbonyl (C=O) groups is 1. The van der Waals surface area contributed by atoms with Crippen LogP contribution in [-0.4, -0.2) is 51.4 Å². The molecule has 0 saturated carbocycles. The van der Waals surface area contributed by atoms with Crippen molar-refractivity contribution in [2.24, 2.45) is 5.92 Å². The SMILES string of the molecule is Cc1ccc(OCC2CCCN(C(=O)CSc3ncn[nH]3)C2)cc1. The van der Waals surface area contributed by atoms with Crippen LogP contribution in [0.4, 0.5) is 0 Å². The summed E-state index contributed by atoms with van der Waals surface area (Å²) >= 11 is 1.39. The number of benzene rings is 1. The largest absolute Gasteiger partial charge is 0.493 e. The number of H-pyrrole nitrogens is 1. The molecule has 7 heteroatoms. The number of aryl methyl sites for hydroxylation is 1. The number of nitrogens with one attached hydrogen (secondary N) is 1. The van der Waals surface area contributed by atoms with Crippen molar-refractivity contribution in [3.8, 4) is 5.75 Å². The minimum atomic E-state index is 0.149. The Kier molecular flexibility index (Phi) is 5.74. The summed E-state index contributed by atoms with van der Waals surface area (Å²) in [5.74, 6) is 1.82. The van der Waals surface area contributed by atoms with Gasteiger partial charge in [-0.1, -0.05) is 29.5 Å². The van der Waals surface area contributed by atoms with E-state index in [1.165, 1.54) is 23.7 Å². The van der Waals surface area contributed by atoms with Crippen LogP contribution in [0.1, 0.15) is 18.4 Å². The molecule has 2 heterocycles. The van der Waals surface area contributed by atoms with Gasteiger partial charge in [-0.15, -0.1) is 0 Å². The van der Waals surface area contributed by atoms with Crippen LogP contribution >= 0.6 is 11.8 Å².